The molecule has 0 aromatic carbocycles. The van der Waals surface area contributed by atoms with Gasteiger partial charge in [0.05, 0.1) is 0 Å². The largest absolute Gasteiger partial charge is 2.00 e. The quantitative estimate of drug-likeness (QED) is 0.197. The van der Waals surface area contributed by atoms with E-state index in [9.17, 15) is 19.6 Å². The predicted octanol–water partition coefficient (Wildman–Crippen LogP) is 2.78. The van der Waals surface area contributed by atoms with E-state index >= 15 is 0 Å². The SMILES string of the molecule is CC(C)CCCS(C(C)C)=P([O-])([O-])[S-].CC(C)CCCS(C(C)C)=P([O-])([O-])[S-].[Zn+2].[Zn+2].[Zn+2]. The smallest absolute Gasteiger partial charge is 0.854 e. The Balaban J connectivity index is -0.000000133. The van der Waals surface area contributed by atoms with E-state index in [-0.39, 0.29) is 68.9 Å². The van der Waals surface area contributed by atoms with Crippen LogP contribution in [0.3, 0.4) is 0 Å². The van der Waals surface area contributed by atoms with E-state index in [0.717, 1.165) is 37.2 Å². The van der Waals surface area contributed by atoms with Gasteiger partial charge in [0.1, 0.15) is 0 Å². The zero-order valence-corrected chi connectivity index (χ0v) is 34.8. The van der Waals surface area contributed by atoms with Crippen molar-refractivity contribution in [3.63, 3.8) is 0 Å². The fraction of sp³-hybridized carbons (Fsp3) is 1.00. The maximum Gasteiger partial charge on any atom is 2.00 e. The average Bonchev–Trinajstić information content (AvgIpc) is 2.44. The van der Waals surface area contributed by atoms with Crippen molar-refractivity contribution in [3.05, 3.63) is 0 Å². The van der Waals surface area contributed by atoms with Crippen molar-refractivity contribution in [3.8, 4) is 0 Å². The van der Waals surface area contributed by atoms with E-state index < -0.39 is 31.5 Å². The van der Waals surface area contributed by atoms with Gasteiger partial charge in [-0.25, -0.2) is 20.1 Å². The number of hydrogen-bond acceptors (Lipinski definition) is 6. The van der Waals surface area contributed by atoms with Gasteiger partial charge in [0, 0.05) is 0 Å². The third-order valence-electron chi connectivity index (χ3n) is 3.93. The van der Waals surface area contributed by atoms with Crippen molar-refractivity contribution >= 4 is 56.0 Å². The van der Waals surface area contributed by atoms with Crippen LogP contribution in [0.4, 0.5) is 0 Å². The predicted molar refractivity (Wildman–Crippen MR) is 131 cm³/mol. The van der Waals surface area contributed by atoms with E-state index in [0.29, 0.717) is 11.8 Å². The van der Waals surface area contributed by atoms with E-state index in [2.05, 4.69) is 52.2 Å². The molecule has 0 heterocycles. The Morgan fingerprint density at radius 2 is 0.806 bits per heavy atom. The zero-order chi connectivity index (χ0) is 22.7. The fourth-order valence-electron chi connectivity index (χ4n) is 2.49. The van der Waals surface area contributed by atoms with Crippen LogP contribution in [-0.4, -0.2) is 22.0 Å². The standard InChI is InChI=1S/2C9H20O2PS2.3Zn/c2*1-8(2)6-5-7-14(9(3)4)12(10,11)13;;;/h2*8-9H,5-7H2,1-4H3;;;/q2*-3;3*+2. The molecule has 0 spiro atoms. The average molecular weight is 707 g/mol. The van der Waals surface area contributed by atoms with Gasteiger partial charge >= 0.3 is 58.4 Å². The van der Waals surface area contributed by atoms with Crippen LogP contribution < -0.4 is 19.6 Å². The molecule has 31 heavy (non-hydrogen) atoms. The monoisotopic (exact) mass is 702 g/mol. The van der Waals surface area contributed by atoms with Gasteiger partial charge in [0.2, 0.25) is 0 Å². The summed E-state index contributed by atoms with van der Waals surface area (Å²) < 4.78 is 0. The maximum atomic E-state index is 11.3. The first-order chi connectivity index (χ1) is 12.5. The van der Waals surface area contributed by atoms with Crippen LogP contribution in [0.25, 0.3) is 0 Å². The molecular formula is C18H40O4P2S4Zn3. The van der Waals surface area contributed by atoms with Crippen LogP contribution in [0.5, 0.6) is 0 Å². The van der Waals surface area contributed by atoms with Crippen LogP contribution in [-0.2, 0) is 103 Å². The van der Waals surface area contributed by atoms with Gasteiger partial charge in [-0.1, -0.05) is 68.2 Å². The fourth-order valence-corrected chi connectivity index (χ4v) is 15.5. The van der Waals surface area contributed by atoms with Crippen molar-refractivity contribution in [2.24, 2.45) is 11.8 Å². The van der Waals surface area contributed by atoms with Crippen LogP contribution in [0, 0.1) is 11.8 Å². The second-order valence-corrected chi connectivity index (χ2v) is 24.3. The molecule has 13 heteroatoms. The Morgan fingerprint density at radius 3 is 0.935 bits per heavy atom. The Kier molecular flexibility index (Phi) is 33.5. The summed E-state index contributed by atoms with van der Waals surface area (Å²) in [4.78, 5) is 45.2. The molecule has 0 N–H and O–H groups in total. The molecular weight excluding hydrogens is 667 g/mol. The Hall–Kier alpha value is 3.97. The van der Waals surface area contributed by atoms with Crippen molar-refractivity contribution in [2.75, 3.05) is 11.5 Å². The van der Waals surface area contributed by atoms with Crippen molar-refractivity contribution in [1.29, 1.82) is 0 Å². The first-order valence-corrected chi connectivity index (χ1v) is 19.3. The molecule has 0 aromatic heterocycles. The molecule has 176 valence electrons. The van der Waals surface area contributed by atoms with E-state index in [4.69, 9.17) is 0 Å². The molecule has 0 amide bonds. The summed E-state index contributed by atoms with van der Waals surface area (Å²) in [6, 6.07) is 0. The normalized spacial score (nSPS) is 13.7. The Morgan fingerprint density at radius 1 is 0.581 bits per heavy atom. The first-order valence-electron chi connectivity index (χ1n) is 9.94. The summed E-state index contributed by atoms with van der Waals surface area (Å²) in [7, 11) is -1.19. The van der Waals surface area contributed by atoms with Gasteiger partial charge in [-0.2, -0.15) is 0 Å². The molecule has 0 aromatic rings. The summed E-state index contributed by atoms with van der Waals surface area (Å²) in [6.07, 6.45) is 4.13. The van der Waals surface area contributed by atoms with Crippen molar-refractivity contribution in [2.45, 2.75) is 91.6 Å². The van der Waals surface area contributed by atoms with E-state index in [1.165, 1.54) is 0 Å². The van der Waals surface area contributed by atoms with Gasteiger partial charge in [-0.05, 0) is 46.7 Å². The molecule has 0 rings (SSSR count). The molecule has 0 aliphatic rings. The Bertz CT molecular complexity index is 487. The molecule has 0 saturated heterocycles. The summed E-state index contributed by atoms with van der Waals surface area (Å²) in [5, 5.41) is 0.339. The molecule has 0 saturated carbocycles. The minimum atomic E-state index is -3.53. The molecule has 0 aliphatic carbocycles. The van der Waals surface area contributed by atoms with Crippen molar-refractivity contribution < 1.29 is 78.0 Å². The third-order valence-corrected chi connectivity index (χ3v) is 19.2. The van der Waals surface area contributed by atoms with Crippen LogP contribution >= 0.6 is 11.4 Å². The number of rotatable bonds is 10. The van der Waals surface area contributed by atoms with Gasteiger partial charge in [-0.3, -0.25) is 0 Å². The minimum absolute atomic E-state index is 0. The van der Waals surface area contributed by atoms with Crippen LogP contribution in [0.1, 0.15) is 81.1 Å². The third kappa shape index (κ3) is 26.8. The zero-order valence-electron chi connectivity index (χ0n) is 20.8. The van der Waals surface area contributed by atoms with Gasteiger partial charge in [0.15, 0.2) is 0 Å². The molecule has 0 bridgehead atoms. The molecule has 0 radical (unpaired) electrons. The molecule has 4 nitrogen and oxygen atoms in total. The maximum absolute atomic E-state index is 11.3. The van der Waals surface area contributed by atoms with Gasteiger partial charge in [-0.15, -0.1) is 0 Å². The minimum Gasteiger partial charge on any atom is -0.854 e. The van der Waals surface area contributed by atoms with Crippen LogP contribution in [0.15, 0.2) is 0 Å². The molecule has 0 fully saturated rings. The summed E-state index contributed by atoms with van der Waals surface area (Å²) in [5.74, 6) is 2.79. The van der Waals surface area contributed by atoms with E-state index in [1.807, 2.05) is 27.7 Å². The number of hydrogen-bond donors (Lipinski definition) is 0. The van der Waals surface area contributed by atoms with Gasteiger partial charge < -0.3 is 55.5 Å². The topological polar surface area (TPSA) is 92.2 Å². The summed E-state index contributed by atoms with van der Waals surface area (Å²) in [6.45, 7) is 16.4. The summed E-state index contributed by atoms with van der Waals surface area (Å²) >= 11 is 9.15. The van der Waals surface area contributed by atoms with Gasteiger partial charge in [0.25, 0.3) is 0 Å². The molecule has 0 aliphatic heterocycles. The first kappa shape index (κ1) is 44.9. The van der Waals surface area contributed by atoms with E-state index in [1.54, 1.807) is 0 Å². The molecule has 2 atom stereocenters. The second-order valence-electron chi connectivity index (χ2n) is 8.27. The van der Waals surface area contributed by atoms with Crippen molar-refractivity contribution in [1.82, 2.24) is 0 Å². The molecule has 2 unspecified atom stereocenters. The second kappa shape index (κ2) is 23.1. The summed E-state index contributed by atoms with van der Waals surface area (Å²) in [5.41, 5.74) is -7.06. The Labute approximate surface area is 246 Å². The van der Waals surface area contributed by atoms with Crippen LogP contribution in [0.2, 0.25) is 0 Å².